The number of aromatic amines is 1. The lowest BCUT2D eigenvalue weighted by molar-refractivity contribution is 0.0730. The lowest BCUT2D eigenvalue weighted by Gasteiger charge is -2.27. The Morgan fingerprint density at radius 3 is 2.34 bits per heavy atom. The SMILES string of the molecule is CCCCOc1ccc(C2c3c(-c4ccccc4)n[nH]c3C(=O)N2Cc2ccc(OC)cc2)cc1. The number of methoxy groups -OCH3 is 1. The van der Waals surface area contributed by atoms with Gasteiger partial charge < -0.3 is 14.4 Å². The normalized spacial score (nSPS) is 14.7. The molecular weight excluding hydrogens is 438 g/mol. The third-order valence-corrected chi connectivity index (χ3v) is 6.39. The van der Waals surface area contributed by atoms with Gasteiger partial charge in [0.1, 0.15) is 17.2 Å². The van der Waals surface area contributed by atoms with Gasteiger partial charge in [-0.25, -0.2) is 0 Å². The molecule has 0 saturated heterocycles. The second kappa shape index (κ2) is 10.1. The number of amides is 1. The molecule has 6 nitrogen and oxygen atoms in total. The summed E-state index contributed by atoms with van der Waals surface area (Å²) in [5.74, 6) is 1.57. The minimum atomic E-state index is -0.266. The molecule has 0 spiro atoms. The summed E-state index contributed by atoms with van der Waals surface area (Å²) in [5.41, 5.74) is 5.29. The number of nitrogens with zero attached hydrogens (tertiary/aromatic N) is 2. The van der Waals surface area contributed by atoms with Crippen molar-refractivity contribution < 1.29 is 14.3 Å². The molecule has 1 N–H and O–H groups in total. The molecule has 2 heterocycles. The highest BCUT2D eigenvalue weighted by Crippen LogP contribution is 2.43. The van der Waals surface area contributed by atoms with E-state index in [0.29, 0.717) is 18.8 Å². The van der Waals surface area contributed by atoms with E-state index in [0.717, 1.165) is 52.3 Å². The first kappa shape index (κ1) is 22.7. The number of carbonyl (C=O) groups excluding carboxylic acids is 1. The molecule has 0 bridgehead atoms. The van der Waals surface area contributed by atoms with Gasteiger partial charge >= 0.3 is 0 Å². The average Bonchev–Trinajstić information content (AvgIpc) is 3.45. The van der Waals surface area contributed by atoms with Crippen LogP contribution in [0.3, 0.4) is 0 Å². The molecule has 5 rings (SSSR count). The molecule has 178 valence electrons. The summed E-state index contributed by atoms with van der Waals surface area (Å²) in [6.07, 6.45) is 2.11. The van der Waals surface area contributed by atoms with Crippen LogP contribution in [0.1, 0.15) is 53.0 Å². The Morgan fingerprint density at radius 2 is 1.66 bits per heavy atom. The maximum absolute atomic E-state index is 13.6. The fourth-order valence-corrected chi connectivity index (χ4v) is 4.53. The minimum absolute atomic E-state index is 0.0567. The van der Waals surface area contributed by atoms with E-state index in [-0.39, 0.29) is 11.9 Å². The van der Waals surface area contributed by atoms with E-state index in [9.17, 15) is 4.79 Å². The van der Waals surface area contributed by atoms with Gasteiger partial charge in [-0.15, -0.1) is 0 Å². The number of nitrogens with one attached hydrogen (secondary N) is 1. The van der Waals surface area contributed by atoms with Gasteiger partial charge in [0.2, 0.25) is 0 Å². The Kier molecular flexibility index (Phi) is 6.53. The van der Waals surface area contributed by atoms with Crippen LogP contribution in [0, 0.1) is 0 Å². The van der Waals surface area contributed by atoms with Crippen molar-refractivity contribution in [1.82, 2.24) is 15.1 Å². The maximum atomic E-state index is 13.6. The molecule has 35 heavy (non-hydrogen) atoms. The number of hydrogen-bond acceptors (Lipinski definition) is 4. The zero-order valence-electron chi connectivity index (χ0n) is 20.0. The molecule has 0 aliphatic carbocycles. The molecule has 6 heteroatoms. The maximum Gasteiger partial charge on any atom is 0.273 e. The van der Waals surface area contributed by atoms with Crippen molar-refractivity contribution in [1.29, 1.82) is 0 Å². The van der Waals surface area contributed by atoms with Crippen LogP contribution in [0.2, 0.25) is 0 Å². The van der Waals surface area contributed by atoms with Gasteiger partial charge in [0.15, 0.2) is 0 Å². The monoisotopic (exact) mass is 467 g/mol. The van der Waals surface area contributed by atoms with Crippen molar-refractivity contribution in [2.75, 3.05) is 13.7 Å². The van der Waals surface area contributed by atoms with Crippen molar-refractivity contribution in [3.63, 3.8) is 0 Å². The van der Waals surface area contributed by atoms with Crippen molar-refractivity contribution in [2.24, 2.45) is 0 Å². The van der Waals surface area contributed by atoms with Crippen LogP contribution in [0.15, 0.2) is 78.9 Å². The standard InChI is InChI=1S/C29H29N3O3/c1-3-4-18-35-24-16-12-22(13-17-24)28-25-26(21-8-6-5-7-9-21)30-31-27(25)29(33)32(28)19-20-10-14-23(34-2)15-11-20/h5-17,28H,3-4,18-19H2,1-2H3,(H,30,31). The number of aromatic nitrogens is 2. The Labute approximate surface area is 205 Å². The molecule has 1 unspecified atom stereocenters. The first-order chi connectivity index (χ1) is 17.2. The summed E-state index contributed by atoms with van der Waals surface area (Å²) in [6, 6.07) is 25.6. The zero-order chi connectivity index (χ0) is 24.2. The molecule has 0 saturated carbocycles. The first-order valence-corrected chi connectivity index (χ1v) is 12.0. The van der Waals surface area contributed by atoms with Crippen molar-refractivity contribution >= 4 is 5.91 Å². The number of H-pyrrole nitrogens is 1. The number of fused-ring (bicyclic) bond motifs is 1. The smallest absolute Gasteiger partial charge is 0.273 e. The third kappa shape index (κ3) is 4.52. The molecule has 0 radical (unpaired) electrons. The quantitative estimate of drug-likeness (QED) is 0.306. The summed E-state index contributed by atoms with van der Waals surface area (Å²) in [5, 5.41) is 7.58. The molecule has 1 aromatic heterocycles. The molecule has 1 aliphatic heterocycles. The van der Waals surface area contributed by atoms with Gasteiger partial charge in [0.25, 0.3) is 5.91 Å². The highest BCUT2D eigenvalue weighted by molar-refractivity contribution is 6.00. The van der Waals surface area contributed by atoms with Crippen molar-refractivity contribution in [2.45, 2.75) is 32.4 Å². The van der Waals surface area contributed by atoms with Gasteiger partial charge in [-0.3, -0.25) is 9.89 Å². The van der Waals surface area contributed by atoms with Crippen LogP contribution in [0.5, 0.6) is 11.5 Å². The largest absolute Gasteiger partial charge is 0.497 e. The van der Waals surface area contributed by atoms with Gasteiger partial charge in [-0.2, -0.15) is 5.10 Å². The highest BCUT2D eigenvalue weighted by Gasteiger charge is 2.42. The second-order valence-corrected chi connectivity index (χ2v) is 8.68. The van der Waals surface area contributed by atoms with Crippen LogP contribution >= 0.6 is 0 Å². The van der Waals surface area contributed by atoms with E-state index in [1.165, 1.54) is 0 Å². The minimum Gasteiger partial charge on any atom is -0.497 e. The Hall–Kier alpha value is -4.06. The topological polar surface area (TPSA) is 67.5 Å². The van der Waals surface area contributed by atoms with E-state index in [1.54, 1.807) is 7.11 Å². The summed E-state index contributed by atoms with van der Waals surface area (Å²) in [6.45, 7) is 3.32. The molecule has 4 aromatic rings. The van der Waals surface area contributed by atoms with E-state index in [2.05, 4.69) is 29.3 Å². The third-order valence-electron chi connectivity index (χ3n) is 6.39. The Balaban J connectivity index is 1.53. The molecule has 1 amide bonds. The lowest BCUT2D eigenvalue weighted by atomic mass is 9.96. The molecule has 1 atom stereocenters. The summed E-state index contributed by atoms with van der Waals surface area (Å²) in [4.78, 5) is 15.5. The van der Waals surface area contributed by atoms with Crippen LogP contribution in [0.25, 0.3) is 11.3 Å². The summed E-state index contributed by atoms with van der Waals surface area (Å²) in [7, 11) is 1.65. The number of benzene rings is 3. The van der Waals surface area contributed by atoms with Crippen LogP contribution in [-0.4, -0.2) is 34.7 Å². The van der Waals surface area contributed by atoms with E-state index >= 15 is 0 Å². The molecule has 1 aliphatic rings. The predicted octanol–water partition coefficient (Wildman–Crippen LogP) is 6.01. The van der Waals surface area contributed by atoms with Crippen molar-refractivity contribution in [3.05, 3.63) is 101 Å². The number of unbranched alkanes of at least 4 members (excludes halogenated alkanes) is 1. The van der Waals surface area contributed by atoms with E-state index in [4.69, 9.17) is 9.47 Å². The Bertz CT molecular complexity index is 1280. The predicted molar refractivity (Wildman–Crippen MR) is 136 cm³/mol. The average molecular weight is 468 g/mol. The molecule has 3 aromatic carbocycles. The van der Waals surface area contributed by atoms with E-state index < -0.39 is 0 Å². The molecule has 0 fully saturated rings. The highest BCUT2D eigenvalue weighted by atomic mass is 16.5. The van der Waals surface area contributed by atoms with Crippen molar-refractivity contribution in [3.8, 4) is 22.8 Å². The number of ether oxygens (including phenoxy) is 2. The number of rotatable bonds is 9. The van der Waals surface area contributed by atoms with Gasteiger partial charge in [-0.1, -0.05) is 67.9 Å². The number of carbonyl (C=O) groups is 1. The number of hydrogen-bond donors (Lipinski definition) is 1. The van der Waals surface area contributed by atoms with Crippen LogP contribution < -0.4 is 9.47 Å². The second-order valence-electron chi connectivity index (χ2n) is 8.68. The zero-order valence-corrected chi connectivity index (χ0v) is 20.0. The summed E-state index contributed by atoms with van der Waals surface area (Å²) >= 11 is 0. The fraction of sp³-hybridized carbons (Fsp3) is 0.241. The summed E-state index contributed by atoms with van der Waals surface area (Å²) < 4.78 is 11.2. The lowest BCUT2D eigenvalue weighted by Crippen LogP contribution is -2.29. The van der Waals surface area contributed by atoms with Gasteiger partial charge in [-0.05, 0) is 41.8 Å². The first-order valence-electron chi connectivity index (χ1n) is 12.0. The van der Waals surface area contributed by atoms with Crippen LogP contribution in [0.4, 0.5) is 0 Å². The van der Waals surface area contributed by atoms with Gasteiger partial charge in [0.05, 0.1) is 25.5 Å². The van der Waals surface area contributed by atoms with E-state index in [1.807, 2.05) is 71.6 Å². The molecular formula is C29H29N3O3. The van der Waals surface area contributed by atoms with Gasteiger partial charge in [0, 0.05) is 17.7 Å². The van der Waals surface area contributed by atoms with Crippen LogP contribution in [-0.2, 0) is 6.54 Å². The Morgan fingerprint density at radius 1 is 0.943 bits per heavy atom. The fourth-order valence-electron chi connectivity index (χ4n) is 4.53.